The Morgan fingerprint density at radius 1 is 0.957 bits per heavy atom. The molecule has 0 aliphatic carbocycles. The van der Waals surface area contributed by atoms with Crippen LogP contribution in [-0.4, -0.2) is 16.5 Å². The van der Waals surface area contributed by atoms with E-state index in [1.807, 2.05) is 57.2 Å². The molecule has 0 aromatic heterocycles. The smallest absolute Gasteiger partial charge is 0.182 e. The van der Waals surface area contributed by atoms with Crippen molar-refractivity contribution < 1.29 is 9.13 Å². The van der Waals surface area contributed by atoms with Gasteiger partial charge < -0.3 is 5.21 Å². The maximum absolute atomic E-state index is 13.1. The third-order valence-electron chi connectivity index (χ3n) is 3.28. The maximum Gasteiger partial charge on any atom is 0.182 e. The second-order valence-corrected chi connectivity index (χ2v) is 6.71. The van der Waals surface area contributed by atoms with E-state index < -0.39 is 11.4 Å². The number of hydroxylamine groups is 1. The quantitative estimate of drug-likeness (QED) is 0.244. The summed E-state index contributed by atoms with van der Waals surface area (Å²) in [5.74, 6) is -0.426. The van der Waals surface area contributed by atoms with Crippen LogP contribution in [0.4, 0.5) is 4.39 Å². The van der Waals surface area contributed by atoms with Crippen molar-refractivity contribution in [1.29, 1.82) is 0 Å². The van der Waals surface area contributed by atoms with Crippen LogP contribution in [0.2, 0.25) is 5.02 Å². The van der Waals surface area contributed by atoms with Gasteiger partial charge in [0.1, 0.15) is 5.82 Å². The summed E-state index contributed by atoms with van der Waals surface area (Å²) in [7, 11) is 0. The molecule has 0 saturated heterocycles. The molecule has 0 bridgehead atoms. The van der Waals surface area contributed by atoms with E-state index in [2.05, 4.69) is 0 Å². The van der Waals surface area contributed by atoms with E-state index in [4.69, 9.17) is 11.6 Å². The van der Waals surface area contributed by atoms with E-state index >= 15 is 0 Å². The maximum atomic E-state index is 13.1. The van der Waals surface area contributed by atoms with E-state index in [0.717, 1.165) is 21.4 Å². The summed E-state index contributed by atoms with van der Waals surface area (Å²) >= 11 is 5.75. The van der Waals surface area contributed by atoms with Crippen LogP contribution in [0.25, 0.3) is 12.2 Å². The second kappa shape index (κ2) is 6.97. The number of benzene rings is 2. The zero-order valence-corrected chi connectivity index (χ0v) is 14.1. The van der Waals surface area contributed by atoms with E-state index in [-0.39, 0.29) is 5.02 Å². The Bertz CT molecular complexity index is 743. The van der Waals surface area contributed by atoms with Gasteiger partial charge in [0.25, 0.3) is 0 Å². The lowest BCUT2D eigenvalue weighted by Crippen LogP contribution is -2.29. The van der Waals surface area contributed by atoms with Gasteiger partial charge in [-0.2, -0.15) is 0 Å². The molecule has 2 aromatic rings. The molecule has 2 aromatic carbocycles. The zero-order valence-electron chi connectivity index (χ0n) is 13.4. The van der Waals surface area contributed by atoms with E-state index in [1.54, 1.807) is 18.3 Å². The molecular formula is C19H19ClFNO. The molecule has 0 heterocycles. The molecule has 2 nitrogen and oxygen atoms in total. The van der Waals surface area contributed by atoms with Crippen LogP contribution in [0, 0.1) is 11.0 Å². The largest absolute Gasteiger partial charge is 0.623 e. The molecule has 2 rings (SSSR count). The highest BCUT2D eigenvalue weighted by Gasteiger charge is 2.17. The molecule has 0 spiro atoms. The van der Waals surface area contributed by atoms with Crippen molar-refractivity contribution in [3.05, 3.63) is 75.2 Å². The molecule has 0 N–H and O–H groups in total. The first kappa shape index (κ1) is 17.2. The Kier molecular flexibility index (Phi) is 5.22. The first-order valence-electron chi connectivity index (χ1n) is 7.30. The van der Waals surface area contributed by atoms with Crippen molar-refractivity contribution in [3.63, 3.8) is 0 Å². The summed E-state index contributed by atoms with van der Waals surface area (Å²) in [6.07, 6.45) is 5.35. The van der Waals surface area contributed by atoms with Gasteiger partial charge in [0.15, 0.2) is 11.8 Å². The summed E-state index contributed by atoms with van der Waals surface area (Å²) in [6.45, 7) is 5.59. The summed E-state index contributed by atoms with van der Waals surface area (Å²) < 4.78 is 14.0. The van der Waals surface area contributed by atoms with Gasteiger partial charge in [-0.3, -0.25) is 0 Å². The third-order valence-corrected chi connectivity index (χ3v) is 3.57. The standard InChI is InChI=1S/C19H19ClFNO/c1-19(2,3)22(23)13-16-8-5-14(6-9-16)4-7-15-10-11-18(21)17(20)12-15/h4-13H,1-3H3/b7-4+,22-13+. The van der Waals surface area contributed by atoms with Crippen LogP contribution in [0.15, 0.2) is 42.5 Å². The van der Waals surface area contributed by atoms with Crippen molar-refractivity contribution in [2.75, 3.05) is 0 Å². The monoisotopic (exact) mass is 331 g/mol. The zero-order chi connectivity index (χ0) is 17.0. The highest BCUT2D eigenvalue weighted by atomic mass is 35.5. The average molecular weight is 332 g/mol. The van der Waals surface area contributed by atoms with Gasteiger partial charge >= 0.3 is 0 Å². The molecule has 0 aliphatic rings. The lowest BCUT2D eigenvalue weighted by Gasteiger charge is -2.18. The van der Waals surface area contributed by atoms with Crippen molar-refractivity contribution >= 4 is 30.0 Å². The molecular weight excluding hydrogens is 313 g/mol. The normalized spacial score (nSPS) is 12.8. The van der Waals surface area contributed by atoms with Crippen molar-refractivity contribution in [1.82, 2.24) is 0 Å². The van der Waals surface area contributed by atoms with E-state index in [9.17, 15) is 9.60 Å². The summed E-state index contributed by atoms with van der Waals surface area (Å²) in [6, 6.07) is 12.2. The molecule has 0 amide bonds. The SMILES string of the molecule is CC(C)(C)/[N+]([O-])=C\c1ccc(/C=C/c2ccc(F)c(Cl)c2)cc1. The molecule has 0 atom stereocenters. The van der Waals surface area contributed by atoms with Crippen molar-refractivity contribution in [2.45, 2.75) is 26.3 Å². The summed E-state index contributed by atoms with van der Waals surface area (Å²) in [5.41, 5.74) is 2.19. The second-order valence-electron chi connectivity index (χ2n) is 6.30. The van der Waals surface area contributed by atoms with Gasteiger partial charge in [0, 0.05) is 26.3 Å². The fourth-order valence-corrected chi connectivity index (χ4v) is 2.02. The van der Waals surface area contributed by atoms with Gasteiger partial charge in [-0.15, -0.1) is 0 Å². The fourth-order valence-electron chi connectivity index (χ4n) is 1.83. The first-order valence-corrected chi connectivity index (χ1v) is 7.68. The average Bonchev–Trinajstić information content (AvgIpc) is 2.49. The highest BCUT2D eigenvalue weighted by molar-refractivity contribution is 6.30. The van der Waals surface area contributed by atoms with Crippen molar-refractivity contribution in [3.8, 4) is 0 Å². The highest BCUT2D eigenvalue weighted by Crippen LogP contribution is 2.18. The minimum Gasteiger partial charge on any atom is -0.623 e. The minimum atomic E-state index is -0.458. The number of hydrogen-bond acceptors (Lipinski definition) is 1. The van der Waals surface area contributed by atoms with Crippen LogP contribution in [0.5, 0.6) is 0 Å². The summed E-state index contributed by atoms with van der Waals surface area (Å²) in [4.78, 5) is 0. The third kappa shape index (κ3) is 4.93. The van der Waals surface area contributed by atoms with Crippen LogP contribution in [-0.2, 0) is 0 Å². The Morgan fingerprint density at radius 2 is 1.48 bits per heavy atom. The van der Waals surface area contributed by atoms with Gasteiger partial charge in [-0.1, -0.05) is 42.0 Å². The predicted molar refractivity (Wildman–Crippen MR) is 95.3 cm³/mol. The fraction of sp³-hybridized carbons (Fsp3) is 0.211. The van der Waals surface area contributed by atoms with Gasteiger partial charge in [0.05, 0.1) is 5.02 Å². The summed E-state index contributed by atoms with van der Waals surface area (Å²) in [5, 5.41) is 12.0. The molecule has 0 aliphatic heterocycles. The molecule has 4 heteroatoms. The Balaban J connectivity index is 2.14. The number of hydrogen-bond donors (Lipinski definition) is 0. The van der Waals surface area contributed by atoms with Gasteiger partial charge in [-0.05, 0) is 35.4 Å². The molecule has 0 saturated carbocycles. The molecule has 0 fully saturated rings. The van der Waals surface area contributed by atoms with E-state index in [1.165, 1.54) is 6.07 Å². The lowest BCUT2D eigenvalue weighted by atomic mass is 10.1. The van der Waals surface area contributed by atoms with Crippen LogP contribution in [0.1, 0.15) is 37.5 Å². The Morgan fingerprint density at radius 3 is 2.04 bits per heavy atom. The van der Waals surface area contributed by atoms with Crippen LogP contribution < -0.4 is 0 Å². The number of rotatable bonds is 3. The molecule has 23 heavy (non-hydrogen) atoms. The van der Waals surface area contributed by atoms with Gasteiger partial charge in [-0.25, -0.2) is 9.13 Å². The molecule has 0 unspecified atom stereocenters. The minimum absolute atomic E-state index is 0.106. The van der Waals surface area contributed by atoms with Crippen LogP contribution in [0.3, 0.4) is 0 Å². The number of halogens is 2. The topological polar surface area (TPSA) is 26.1 Å². The first-order chi connectivity index (χ1) is 10.8. The van der Waals surface area contributed by atoms with Crippen molar-refractivity contribution in [2.24, 2.45) is 0 Å². The lowest BCUT2D eigenvalue weighted by molar-refractivity contribution is -0.530. The number of nitrogens with zero attached hydrogens (tertiary/aromatic N) is 1. The van der Waals surface area contributed by atoms with Gasteiger partial charge in [0.2, 0.25) is 0 Å². The Hall–Kier alpha value is -2.13. The van der Waals surface area contributed by atoms with E-state index in [0.29, 0.717) is 0 Å². The molecule has 0 radical (unpaired) electrons. The van der Waals surface area contributed by atoms with Crippen LogP contribution >= 0.6 is 11.6 Å². The molecule has 120 valence electrons. The predicted octanol–water partition coefficient (Wildman–Crippen LogP) is 5.38. The Labute approximate surface area is 141 Å².